The lowest BCUT2D eigenvalue weighted by atomic mass is 9.97. The molecule has 0 bridgehead atoms. The third-order valence-corrected chi connectivity index (χ3v) is 10.9. The summed E-state index contributed by atoms with van der Waals surface area (Å²) in [6.07, 6.45) is -0.257. The predicted molar refractivity (Wildman–Crippen MR) is 228 cm³/mol. The molecule has 1 aliphatic rings. The summed E-state index contributed by atoms with van der Waals surface area (Å²) < 4.78 is 12.9. The normalized spacial score (nSPS) is 14.4. The molecule has 10 aromatic rings. The first-order valence-corrected chi connectivity index (χ1v) is 18.9. The van der Waals surface area contributed by atoms with Gasteiger partial charge in [0, 0.05) is 38.2 Å². The van der Waals surface area contributed by atoms with Crippen molar-refractivity contribution < 1.29 is 14.2 Å². The van der Waals surface area contributed by atoms with Crippen LogP contribution in [0.4, 0.5) is 0 Å². The molecule has 1 atom stereocenters. The molecule has 0 amide bonds. The molecule has 56 heavy (non-hydrogen) atoms. The Morgan fingerprint density at radius 1 is 0.411 bits per heavy atom. The molecule has 5 nitrogen and oxygen atoms in total. The Hall–Kier alpha value is -7.34. The molecule has 2 N–H and O–H groups in total. The van der Waals surface area contributed by atoms with E-state index in [0.29, 0.717) is 5.84 Å². The molecule has 0 saturated carbocycles. The highest BCUT2D eigenvalue weighted by Gasteiger charge is 2.28. The third kappa shape index (κ3) is 5.53. The van der Waals surface area contributed by atoms with Crippen molar-refractivity contribution in [1.82, 2.24) is 0 Å². The van der Waals surface area contributed by atoms with Gasteiger partial charge in [-0.15, -0.1) is 0 Å². The van der Waals surface area contributed by atoms with Crippen molar-refractivity contribution in [1.29, 1.82) is 0 Å². The molecule has 0 spiro atoms. The minimum atomic E-state index is -0.257. The van der Waals surface area contributed by atoms with Crippen molar-refractivity contribution in [2.75, 3.05) is 0 Å². The van der Waals surface area contributed by atoms with Gasteiger partial charge in [-0.3, -0.25) is 5.32 Å². The maximum atomic E-state index is 6.72. The van der Waals surface area contributed by atoms with E-state index >= 15 is 0 Å². The lowest BCUT2D eigenvalue weighted by Gasteiger charge is -2.19. The molecule has 1 unspecified atom stereocenters. The summed E-state index contributed by atoms with van der Waals surface area (Å²) in [5.41, 5.74) is 13.4. The highest BCUT2D eigenvalue weighted by Crippen LogP contribution is 2.39. The summed E-state index contributed by atoms with van der Waals surface area (Å²) in [6.45, 7) is 0. The molecule has 0 radical (unpaired) electrons. The molecule has 2 aromatic heterocycles. The number of hydrogen-bond acceptors (Lipinski definition) is 4. The molecule has 8 aromatic carbocycles. The highest BCUT2D eigenvalue weighted by molar-refractivity contribution is 6.22. The minimum Gasteiger partial charge on any atom is -0.456 e. The van der Waals surface area contributed by atoms with E-state index in [1.807, 2.05) is 36.4 Å². The van der Waals surface area contributed by atoms with Crippen molar-refractivity contribution >= 4 is 55.5 Å². The molecular weight excluding hydrogens is 687 g/mol. The summed E-state index contributed by atoms with van der Waals surface area (Å²) in [7, 11) is 0. The number of nitrogens with zero attached hydrogens (tertiary/aromatic N) is 2. The second-order valence-corrected chi connectivity index (χ2v) is 14.3. The number of fused-ring (bicyclic) bond motifs is 6. The van der Waals surface area contributed by atoms with Gasteiger partial charge in [0.05, 0.1) is 5.56 Å². The van der Waals surface area contributed by atoms with E-state index < -0.39 is 0 Å². The van der Waals surface area contributed by atoms with Crippen LogP contribution in [-0.4, -0.2) is 11.7 Å². The number of rotatable bonds is 6. The Morgan fingerprint density at radius 3 is 1.73 bits per heavy atom. The number of amidine groups is 2. The van der Waals surface area contributed by atoms with Gasteiger partial charge >= 0.3 is 0 Å². The number of hydrogen-bond donors (Lipinski definition) is 1. The zero-order valence-electron chi connectivity index (χ0n) is 30.3. The van der Waals surface area contributed by atoms with Crippen molar-refractivity contribution in [3.05, 3.63) is 205 Å². The smallest absolute Gasteiger partial charge is 0.235 e. The van der Waals surface area contributed by atoms with Gasteiger partial charge in [-0.1, -0.05) is 146 Å². The van der Waals surface area contributed by atoms with E-state index in [2.05, 4.69) is 157 Å². The monoisotopic (exact) mass is 720 g/mol. The first kappa shape index (κ1) is 32.1. The average molecular weight is 721 g/mol. The van der Waals surface area contributed by atoms with E-state index in [-0.39, 0.29) is 6.17 Å². The lowest BCUT2D eigenvalue weighted by molar-refractivity contribution is -0.586. The van der Waals surface area contributed by atoms with Crippen LogP contribution in [0.25, 0.3) is 77.3 Å². The van der Waals surface area contributed by atoms with Crippen LogP contribution >= 0.6 is 0 Å². The maximum Gasteiger partial charge on any atom is 0.235 e. The van der Waals surface area contributed by atoms with E-state index in [9.17, 15) is 0 Å². The van der Waals surface area contributed by atoms with E-state index in [4.69, 9.17) is 18.8 Å². The predicted octanol–water partition coefficient (Wildman–Crippen LogP) is 12.0. The quantitative estimate of drug-likeness (QED) is 0.186. The second kappa shape index (κ2) is 13.2. The van der Waals surface area contributed by atoms with Gasteiger partial charge in [-0.25, -0.2) is 4.99 Å². The summed E-state index contributed by atoms with van der Waals surface area (Å²) in [6, 6.07) is 65.5. The van der Waals surface area contributed by atoms with Crippen molar-refractivity contribution in [3.8, 4) is 33.4 Å². The van der Waals surface area contributed by atoms with E-state index in [1.54, 1.807) is 0 Å². The third-order valence-electron chi connectivity index (χ3n) is 10.9. The Kier molecular flexibility index (Phi) is 7.57. The average Bonchev–Trinajstić information content (AvgIpc) is 3.85. The minimum absolute atomic E-state index is 0.257. The standard InChI is InChI=1S/C51H33N3O2/c1-3-11-32(12-4-1)33-21-23-34(24-22-33)35-25-27-36(28-26-35)39-16-9-17-41-47-42(18-10-20-46(47)56-48(39)41)51-53-49(37-13-5-2-6-14-37)52-50(54-51)38-29-30-45-43(31-38)40-15-7-8-19-44(40)55-45/h1-31,50H,(H,52,53,54)/p+1. The molecule has 0 fully saturated rings. The van der Waals surface area contributed by atoms with Crippen molar-refractivity contribution in [2.24, 2.45) is 9.98 Å². The number of furan rings is 2. The molecule has 0 saturated heterocycles. The molecule has 264 valence electrons. The fraction of sp³-hybridized carbons (Fsp3) is 0.0196. The fourth-order valence-corrected chi connectivity index (χ4v) is 8.09. The van der Waals surface area contributed by atoms with Crippen LogP contribution in [0.1, 0.15) is 22.9 Å². The number of aliphatic imine (C=N–C) groups is 2. The topological polar surface area (TPSA) is 67.6 Å². The Bertz CT molecular complexity index is 3140. The zero-order valence-corrected chi connectivity index (χ0v) is 30.3. The van der Waals surface area contributed by atoms with Crippen LogP contribution in [-0.2, 0) is 0 Å². The lowest BCUT2D eigenvalue weighted by Crippen LogP contribution is -2.90. The van der Waals surface area contributed by atoms with Crippen LogP contribution in [0.3, 0.4) is 0 Å². The van der Waals surface area contributed by atoms with Gasteiger partial charge in [0.2, 0.25) is 12.0 Å². The van der Waals surface area contributed by atoms with E-state index in [1.165, 1.54) is 22.3 Å². The number of quaternary nitrogens is 1. The van der Waals surface area contributed by atoms with Crippen molar-refractivity contribution in [2.45, 2.75) is 6.17 Å². The molecule has 0 aliphatic carbocycles. The largest absolute Gasteiger partial charge is 0.456 e. The van der Waals surface area contributed by atoms with Gasteiger partial charge < -0.3 is 8.83 Å². The molecular formula is C51H34N3O2+. The Morgan fingerprint density at radius 2 is 0.982 bits per heavy atom. The molecule has 3 heterocycles. The van der Waals surface area contributed by atoms with Crippen LogP contribution in [0.15, 0.2) is 207 Å². The van der Waals surface area contributed by atoms with Gasteiger partial charge in [0.15, 0.2) is 5.84 Å². The van der Waals surface area contributed by atoms with Gasteiger partial charge in [-0.2, -0.15) is 4.99 Å². The number of para-hydroxylation sites is 2. The van der Waals surface area contributed by atoms with Crippen LogP contribution in [0.2, 0.25) is 0 Å². The van der Waals surface area contributed by atoms with Gasteiger partial charge in [0.1, 0.15) is 22.3 Å². The summed E-state index contributed by atoms with van der Waals surface area (Å²) in [5.74, 6) is 1.56. The number of nitrogens with two attached hydrogens (primary N) is 1. The second-order valence-electron chi connectivity index (χ2n) is 14.3. The van der Waals surface area contributed by atoms with E-state index in [0.717, 1.165) is 77.5 Å². The summed E-state index contributed by atoms with van der Waals surface area (Å²) in [5, 5.41) is 6.38. The molecule has 1 aliphatic heterocycles. The molecule has 11 rings (SSSR count). The van der Waals surface area contributed by atoms with Crippen LogP contribution < -0.4 is 5.32 Å². The first-order valence-electron chi connectivity index (χ1n) is 18.9. The first-order chi connectivity index (χ1) is 27.7. The fourth-order valence-electron chi connectivity index (χ4n) is 8.09. The maximum absolute atomic E-state index is 6.72. The Labute approximate surface area is 322 Å². The zero-order chi connectivity index (χ0) is 37.0. The summed E-state index contributed by atoms with van der Waals surface area (Å²) >= 11 is 0. The van der Waals surface area contributed by atoms with Gasteiger partial charge in [-0.05, 0) is 70.3 Å². The summed E-state index contributed by atoms with van der Waals surface area (Å²) in [4.78, 5) is 10.6. The molecule has 5 heteroatoms. The number of benzene rings is 8. The Balaban J connectivity index is 0.992. The SMILES string of the molecule is c1ccc(C2=NC(c3cccc4oc5c(-c6ccc(-c7ccc(-c8ccccc8)cc7)cc6)cccc5c34)=NC(c3ccc4oc5ccccc5c4c3)[NH2+]2)cc1. The highest BCUT2D eigenvalue weighted by atomic mass is 16.3. The van der Waals surface area contributed by atoms with Crippen LogP contribution in [0, 0.1) is 0 Å². The van der Waals surface area contributed by atoms with Gasteiger partial charge in [0.25, 0.3) is 0 Å². The van der Waals surface area contributed by atoms with Crippen molar-refractivity contribution in [3.63, 3.8) is 0 Å². The van der Waals surface area contributed by atoms with Crippen LogP contribution in [0.5, 0.6) is 0 Å².